The van der Waals surface area contributed by atoms with E-state index in [-0.39, 0.29) is 10.9 Å². The summed E-state index contributed by atoms with van der Waals surface area (Å²) in [6.07, 6.45) is 3.04. The fraction of sp³-hybridized carbons (Fsp3) is 0.357. The van der Waals surface area contributed by atoms with Crippen LogP contribution in [0, 0.1) is 5.82 Å². The van der Waals surface area contributed by atoms with Gasteiger partial charge < -0.3 is 4.90 Å². The lowest BCUT2D eigenvalue weighted by Gasteiger charge is -2.29. The first kappa shape index (κ1) is 15.0. The van der Waals surface area contributed by atoms with Crippen LogP contribution >= 0.6 is 11.6 Å². The number of halogens is 2. The first-order valence-corrected chi connectivity index (χ1v) is 6.92. The predicted octanol–water partition coefficient (Wildman–Crippen LogP) is 0.354. The summed E-state index contributed by atoms with van der Waals surface area (Å²) < 4.78 is 13.0. The zero-order chi connectivity index (χ0) is 14.5. The summed E-state index contributed by atoms with van der Waals surface area (Å²) in [4.78, 5) is 13.2. The third kappa shape index (κ3) is 4.30. The zero-order valence-electron chi connectivity index (χ0n) is 11.3. The van der Waals surface area contributed by atoms with Gasteiger partial charge in [0.25, 0.3) is 5.91 Å². The number of hydrazine groups is 1. The summed E-state index contributed by atoms with van der Waals surface area (Å²) >= 11 is 5.68. The second-order valence-electron chi connectivity index (χ2n) is 4.93. The van der Waals surface area contributed by atoms with E-state index in [4.69, 9.17) is 11.6 Å². The Kier molecular flexibility index (Phi) is 5.11. The number of piperazine rings is 1. The van der Waals surface area contributed by atoms with Gasteiger partial charge in [0.15, 0.2) is 0 Å². The molecule has 1 aliphatic heterocycles. The lowest BCUT2D eigenvalue weighted by molar-refractivity contribution is -0.884. The molecule has 2 N–H and O–H groups in total. The van der Waals surface area contributed by atoms with Crippen LogP contribution in [-0.2, 0) is 4.79 Å². The maximum atomic E-state index is 13.0. The van der Waals surface area contributed by atoms with E-state index in [2.05, 4.69) is 12.5 Å². The molecule has 1 saturated heterocycles. The molecular weight excluding hydrogens is 281 g/mol. The molecule has 6 heteroatoms. The number of carbonyl (C=O) groups is 1. The van der Waals surface area contributed by atoms with E-state index in [0.717, 1.165) is 26.2 Å². The van der Waals surface area contributed by atoms with Crippen LogP contribution in [-0.4, -0.2) is 44.1 Å². The molecular formula is C14H18ClFN3O+. The Balaban J connectivity index is 1.87. The minimum Gasteiger partial charge on any atom is -0.335 e. The minimum atomic E-state index is -0.465. The summed E-state index contributed by atoms with van der Waals surface area (Å²) in [6.45, 7) is 3.71. The number of hydrogen-bond acceptors (Lipinski definition) is 2. The Bertz CT molecular complexity index is 513. The normalized spacial score (nSPS) is 17.6. The fourth-order valence-corrected chi connectivity index (χ4v) is 2.17. The average molecular weight is 299 g/mol. The van der Waals surface area contributed by atoms with Crippen molar-refractivity contribution in [3.8, 4) is 0 Å². The molecule has 20 heavy (non-hydrogen) atoms. The molecule has 0 spiro atoms. The van der Waals surface area contributed by atoms with Gasteiger partial charge >= 0.3 is 0 Å². The lowest BCUT2D eigenvalue weighted by atomic mass is 10.2. The summed E-state index contributed by atoms with van der Waals surface area (Å²) in [6, 6.07) is 4.34. The van der Waals surface area contributed by atoms with Gasteiger partial charge in [-0.05, 0) is 23.8 Å². The average Bonchev–Trinajstić information content (AvgIpc) is 2.43. The molecule has 1 fully saturated rings. The van der Waals surface area contributed by atoms with Gasteiger partial charge in [-0.2, -0.15) is 0 Å². The van der Waals surface area contributed by atoms with Gasteiger partial charge in [-0.1, -0.05) is 17.7 Å². The first-order valence-electron chi connectivity index (χ1n) is 6.54. The van der Waals surface area contributed by atoms with Crippen molar-refractivity contribution in [3.63, 3.8) is 0 Å². The number of hydrogen-bond donors (Lipinski definition) is 2. The smallest absolute Gasteiger partial charge is 0.258 e. The molecule has 0 radical (unpaired) electrons. The highest BCUT2D eigenvalue weighted by Crippen LogP contribution is 2.16. The van der Waals surface area contributed by atoms with E-state index in [1.165, 1.54) is 23.1 Å². The molecule has 108 valence electrons. The number of carbonyl (C=O) groups excluding carboxylic acids is 1. The third-order valence-corrected chi connectivity index (χ3v) is 3.55. The first-order chi connectivity index (χ1) is 9.54. The standard InChI is InChI=1S/C14H17ClFN3O/c1-18-6-8-19(9-7-18)17-14(20)5-3-11-2-4-13(16)12(15)10-11/h2-5,10H,6-9H2,1H3,(H,17,20)/p+1/b5-3+. The molecule has 1 aromatic rings. The van der Waals surface area contributed by atoms with E-state index in [9.17, 15) is 9.18 Å². The second kappa shape index (κ2) is 6.83. The van der Waals surface area contributed by atoms with Gasteiger partial charge in [0.05, 0.1) is 38.2 Å². The number of nitrogens with one attached hydrogen (secondary N) is 2. The molecule has 1 amide bonds. The lowest BCUT2D eigenvalue weighted by Crippen LogP contribution is -3.12. The van der Waals surface area contributed by atoms with Crippen LogP contribution in [0.2, 0.25) is 5.02 Å². The largest absolute Gasteiger partial charge is 0.335 e. The Labute approximate surface area is 122 Å². The maximum Gasteiger partial charge on any atom is 0.258 e. The van der Waals surface area contributed by atoms with Gasteiger partial charge in [0, 0.05) is 6.08 Å². The molecule has 2 rings (SSSR count). The summed E-state index contributed by atoms with van der Waals surface area (Å²) in [5, 5.41) is 1.96. The number of rotatable bonds is 3. The summed E-state index contributed by atoms with van der Waals surface area (Å²) in [5.41, 5.74) is 3.51. The van der Waals surface area contributed by atoms with E-state index >= 15 is 0 Å². The zero-order valence-corrected chi connectivity index (χ0v) is 12.1. The Morgan fingerprint density at radius 3 is 2.80 bits per heavy atom. The number of quaternary nitrogens is 1. The Morgan fingerprint density at radius 1 is 1.45 bits per heavy atom. The van der Waals surface area contributed by atoms with Gasteiger partial charge in [0.2, 0.25) is 0 Å². The van der Waals surface area contributed by atoms with E-state index in [0.29, 0.717) is 5.56 Å². The monoisotopic (exact) mass is 298 g/mol. The van der Waals surface area contributed by atoms with Crippen LogP contribution in [0.25, 0.3) is 6.08 Å². The predicted molar refractivity (Wildman–Crippen MR) is 76.8 cm³/mol. The van der Waals surface area contributed by atoms with E-state index in [1.807, 2.05) is 5.01 Å². The van der Waals surface area contributed by atoms with Gasteiger partial charge in [0.1, 0.15) is 5.82 Å². The Hall–Kier alpha value is -1.43. The van der Waals surface area contributed by atoms with Crippen molar-refractivity contribution < 1.29 is 14.1 Å². The molecule has 0 saturated carbocycles. The summed E-state index contributed by atoms with van der Waals surface area (Å²) in [5.74, 6) is -0.654. The van der Waals surface area contributed by atoms with Gasteiger partial charge in [-0.3, -0.25) is 10.2 Å². The summed E-state index contributed by atoms with van der Waals surface area (Å²) in [7, 11) is 2.14. The topological polar surface area (TPSA) is 36.8 Å². The minimum absolute atomic E-state index is 0.0506. The highest BCUT2D eigenvalue weighted by Gasteiger charge is 2.17. The van der Waals surface area contributed by atoms with Crippen LogP contribution in [0.5, 0.6) is 0 Å². The number of likely N-dealkylation sites (N-methyl/N-ethyl adjacent to an activating group) is 1. The maximum absolute atomic E-state index is 13.0. The van der Waals surface area contributed by atoms with E-state index < -0.39 is 5.82 Å². The van der Waals surface area contributed by atoms with Gasteiger partial charge in [-0.25, -0.2) is 9.40 Å². The van der Waals surface area contributed by atoms with Crippen molar-refractivity contribution in [3.05, 3.63) is 40.7 Å². The Morgan fingerprint density at radius 2 is 2.15 bits per heavy atom. The van der Waals surface area contributed by atoms with Crippen LogP contribution in [0.4, 0.5) is 4.39 Å². The molecule has 0 bridgehead atoms. The van der Waals surface area contributed by atoms with Crippen LogP contribution < -0.4 is 10.3 Å². The van der Waals surface area contributed by atoms with Crippen LogP contribution in [0.1, 0.15) is 5.56 Å². The van der Waals surface area contributed by atoms with Crippen molar-refractivity contribution in [1.29, 1.82) is 0 Å². The molecule has 0 atom stereocenters. The second-order valence-corrected chi connectivity index (χ2v) is 5.33. The molecule has 0 aliphatic carbocycles. The van der Waals surface area contributed by atoms with E-state index in [1.54, 1.807) is 12.1 Å². The molecule has 0 aromatic heterocycles. The van der Waals surface area contributed by atoms with Crippen molar-refractivity contribution in [2.75, 3.05) is 33.2 Å². The highest BCUT2D eigenvalue weighted by atomic mass is 35.5. The third-order valence-electron chi connectivity index (χ3n) is 3.26. The van der Waals surface area contributed by atoms with Crippen LogP contribution in [0.15, 0.2) is 24.3 Å². The quantitative estimate of drug-likeness (QED) is 0.791. The van der Waals surface area contributed by atoms with Crippen molar-refractivity contribution in [2.45, 2.75) is 0 Å². The van der Waals surface area contributed by atoms with Crippen molar-refractivity contribution in [1.82, 2.24) is 10.4 Å². The van der Waals surface area contributed by atoms with Crippen molar-refractivity contribution >= 4 is 23.6 Å². The van der Waals surface area contributed by atoms with Crippen LogP contribution in [0.3, 0.4) is 0 Å². The van der Waals surface area contributed by atoms with Gasteiger partial charge in [-0.15, -0.1) is 0 Å². The number of nitrogens with zero attached hydrogens (tertiary/aromatic N) is 1. The van der Waals surface area contributed by atoms with Crippen molar-refractivity contribution in [2.24, 2.45) is 0 Å². The fourth-order valence-electron chi connectivity index (χ4n) is 1.98. The molecule has 4 nitrogen and oxygen atoms in total. The molecule has 0 unspecified atom stereocenters. The SMILES string of the molecule is C[NH+]1CCN(NC(=O)/C=C/c2ccc(F)c(Cl)c2)CC1. The number of benzene rings is 1. The molecule has 1 heterocycles. The number of amides is 1. The molecule has 1 aliphatic rings. The molecule has 1 aromatic carbocycles. The highest BCUT2D eigenvalue weighted by molar-refractivity contribution is 6.30.